The van der Waals surface area contributed by atoms with Crippen molar-refractivity contribution in [2.45, 2.75) is 24.5 Å². The number of sulfone groups is 1. The van der Waals surface area contributed by atoms with E-state index in [0.29, 0.717) is 5.56 Å². The second kappa shape index (κ2) is 4.78. The Bertz CT molecular complexity index is 519. The molecule has 0 aromatic heterocycles. The number of benzene rings is 1. The van der Waals surface area contributed by atoms with Gasteiger partial charge in [-0.2, -0.15) is 0 Å². The molecule has 0 spiro atoms. The fraction of sp³-hybridized carbons (Fsp3) is 0.417. The largest absolute Gasteiger partial charge is 0.291 e. The number of hydrogen-bond acceptors (Lipinski definition) is 3. The van der Waals surface area contributed by atoms with Crippen LogP contribution in [0.3, 0.4) is 0 Å². The molecule has 0 aliphatic rings. The molecule has 0 amide bonds. The van der Waals surface area contributed by atoms with E-state index in [9.17, 15) is 13.2 Å². The molecule has 1 aromatic carbocycles. The van der Waals surface area contributed by atoms with Crippen molar-refractivity contribution in [2.75, 3.05) is 6.26 Å². The van der Waals surface area contributed by atoms with Crippen LogP contribution >= 0.6 is 11.6 Å². The van der Waals surface area contributed by atoms with E-state index in [1.54, 1.807) is 31.2 Å². The number of carbonyl (C=O) groups is 1. The highest BCUT2D eigenvalue weighted by Gasteiger charge is 2.44. The minimum absolute atomic E-state index is 0.0418. The van der Waals surface area contributed by atoms with E-state index in [1.165, 1.54) is 0 Å². The SMILES string of the molecule is CCC(Cl)(C(=O)c1ccc(C)cc1)S(C)(=O)=O. The summed E-state index contributed by atoms with van der Waals surface area (Å²) < 4.78 is 21.4. The quantitative estimate of drug-likeness (QED) is 0.626. The Morgan fingerprint density at radius 2 is 1.76 bits per heavy atom. The molecule has 5 heteroatoms. The zero-order valence-electron chi connectivity index (χ0n) is 10.0. The fourth-order valence-corrected chi connectivity index (χ4v) is 2.60. The Hall–Kier alpha value is -0.870. The van der Waals surface area contributed by atoms with Gasteiger partial charge in [-0.15, -0.1) is 0 Å². The summed E-state index contributed by atoms with van der Waals surface area (Å²) in [5, 5.41) is 0. The summed E-state index contributed by atoms with van der Waals surface area (Å²) in [7, 11) is -3.66. The second-order valence-electron chi connectivity index (χ2n) is 4.05. The standard InChI is InChI=1S/C12H15ClO3S/c1-4-12(13,17(3,15)16)11(14)10-7-5-9(2)6-8-10/h5-8H,4H2,1-3H3. The third-order valence-electron chi connectivity index (χ3n) is 2.70. The summed E-state index contributed by atoms with van der Waals surface area (Å²) in [5.41, 5.74) is 1.32. The van der Waals surface area contributed by atoms with Crippen molar-refractivity contribution >= 4 is 27.2 Å². The Kier molecular flexibility index (Phi) is 3.99. The van der Waals surface area contributed by atoms with Crippen molar-refractivity contribution < 1.29 is 13.2 Å². The molecule has 1 rings (SSSR count). The molecule has 94 valence electrons. The Labute approximate surface area is 107 Å². The third kappa shape index (κ3) is 2.69. The molecule has 0 aliphatic carbocycles. The second-order valence-corrected chi connectivity index (χ2v) is 7.16. The Balaban J connectivity index is 3.24. The molecule has 1 atom stereocenters. The maximum atomic E-state index is 12.1. The van der Waals surface area contributed by atoms with Crippen LogP contribution in [0.25, 0.3) is 0 Å². The molecule has 1 aromatic rings. The van der Waals surface area contributed by atoms with Gasteiger partial charge < -0.3 is 0 Å². The van der Waals surface area contributed by atoms with Gasteiger partial charge in [0.15, 0.2) is 15.6 Å². The van der Waals surface area contributed by atoms with Crippen LogP contribution in [-0.4, -0.2) is 24.7 Å². The van der Waals surface area contributed by atoms with Gasteiger partial charge in [-0.1, -0.05) is 48.4 Å². The molecule has 17 heavy (non-hydrogen) atoms. The first-order valence-corrected chi connectivity index (χ1v) is 7.49. The van der Waals surface area contributed by atoms with Gasteiger partial charge in [0.1, 0.15) is 0 Å². The molecule has 0 saturated carbocycles. The van der Waals surface area contributed by atoms with Crippen LogP contribution < -0.4 is 0 Å². The van der Waals surface area contributed by atoms with Gasteiger partial charge in [0.05, 0.1) is 0 Å². The lowest BCUT2D eigenvalue weighted by atomic mass is 10.0. The van der Waals surface area contributed by atoms with Crippen LogP contribution in [0.4, 0.5) is 0 Å². The number of carbonyl (C=O) groups excluding carboxylic acids is 1. The fourth-order valence-electron chi connectivity index (χ4n) is 1.51. The molecule has 0 fully saturated rings. The van der Waals surface area contributed by atoms with Gasteiger partial charge in [0.25, 0.3) is 0 Å². The van der Waals surface area contributed by atoms with Gasteiger partial charge in [-0.25, -0.2) is 8.42 Å². The Morgan fingerprint density at radius 3 is 2.12 bits per heavy atom. The summed E-state index contributed by atoms with van der Waals surface area (Å²) >= 11 is 5.99. The molecule has 0 saturated heterocycles. The maximum Gasteiger partial charge on any atom is 0.207 e. The van der Waals surface area contributed by atoms with Gasteiger partial charge in [-0.3, -0.25) is 4.79 Å². The number of ketones is 1. The van der Waals surface area contributed by atoms with Gasteiger partial charge >= 0.3 is 0 Å². The van der Waals surface area contributed by atoms with Crippen molar-refractivity contribution in [3.8, 4) is 0 Å². The van der Waals surface area contributed by atoms with Gasteiger partial charge in [0, 0.05) is 11.8 Å². The maximum absolute atomic E-state index is 12.1. The van der Waals surface area contributed by atoms with Crippen molar-refractivity contribution in [1.82, 2.24) is 0 Å². The van der Waals surface area contributed by atoms with E-state index < -0.39 is 19.8 Å². The van der Waals surface area contributed by atoms with E-state index in [1.807, 2.05) is 6.92 Å². The number of Topliss-reactive ketones (excluding diaryl/α,β-unsaturated/α-hetero) is 1. The predicted octanol–water partition coefficient (Wildman–Crippen LogP) is 2.57. The van der Waals surface area contributed by atoms with Gasteiger partial charge in [0.2, 0.25) is 4.21 Å². The molecule has 0 bridgehead atoms. The van der Waals surface area contributed by atoms with Crippen molar-refractivity contribution in [3.63, 3.8) is 0 Å². The molecule has 1 unspecified atom stereocenters. The molecule has 0 N–H and O–H groups in total. The van der Waals surface area contributed by atoms with Crippen molar-refractivity contribution in [3.05, 3.63) is 35.4 Å². The molecule has 0 heterocycles. The number of hydrogen-bond donors (Lipinski definition) is 0. The lowest BCUT2D eigenvalue weighted by molar-refractivity contribution is 0.0970. The minimum Gasteiger partial charge on any atom is -0.291 e. The zero-order chi connectivity index (χ0) is 13.3. The molecule has 0 aliphatic heterocycles. The van der Waals surface area contributed by atoms with E-state index in [0.717, 1.165) is 11.8 Å². The molecular weight excluding hydrogens is 260 g/mol. The van der Waals surface area contributed by atoms with E-state index in [-0.39, 0.29) is 6.42 Å². The topological polar surface area (TPSA) is 51.2 Å². The van der Waals surface area contributed by atoms with Crippen molar-refractivity contribution in [2.24, 2.45) is 0 Å². The van der Waals surface area contributed by atoms with Gasteiger partial charge in [-0.05, 0) is 13.3 Å². The number of halogens is 1. The summed E-state index contributed by atoms with van der Waals surface area (Å²) in [5.74, 6) is -0.566. The smallest absolute Gasteiger partial charge is 0.207 e. The normalized spacial score (nSPS) is 15.3. The summed E-state index contributed by atoms with van der Waals surface area (Å²) in [6, 6.07) is 6.69. The number of rotatable bonds is 4. The third-order valence-corrected chi connectivity index (χ3v) is 5.62. The number of aryl methyl sites for hydroxylation is 1. The average molecular weight is 275 g/mol. The highest BCUT2D eigenvalue weighted by molar-refractivity contribution is 7.94. The minimum atomic E-state index is -3.66. The van der Waals surface area contributed by atoms with E-state index in [2.05, 4.69) is 0 Å². The molecule has 3 nitrogen and oxygen atoms in total. The summed E-state index contributed by atoms with van der Waals surface area (Å²) in [6.45, 7) is 3.47. The lowest BCUT2D eigenvalue weighted by Gasteiger charge is -2.21. The first-order chi connectivity index (χ1) is 7.72. The monoisotopic (exact) mass is 274 g/mol. The summed E-state index contributed by atoms with van der Waals surface area (Å²) in [4.78, 5) is 12.1. The van der Waals surface area contributed by atoms with Crippen LogP contribution in [0.5, 0.6) is 0 Å². The van der Waals surface area contributed by atoms with Crippen LogP contribution in [0.15, 0.2) is 24.3 Å². The van der Waals surface area contributed by atoms with Crippen molar-refractivity contribution in [1.29, 1.82) is 0 Å². The number of alkyl halides is 1. The highest BCUT2D eigenvalue weighted by Crippen LogP contribution is 2.30. The van der Waals surface area contributed by atoms with E-state index >= 15 is 0 Å². The van der Waals surface area contributed by atoms with Crippen LogP contribution in [0, 0.1) is 6.92 Å². The highest BCUT2D eigenvalue weighted by atomic mass is 35.5. The molecular formula is C12H15ClO3S. The van der Waals surface area contributed by atoms with Crippen LogP contribution in [0.1, 0.15) is 29.3 Å². The van der Waals surface area contributed by atoms with Crippen LogP contribution in [-0.2, 0) is 9.84 Å². The zero-order valence-corrected chi connectivity index (χ0v) is 11.6. The molecule has 0 radical (unpaired) electrons. The first kappa shape index (κ1) is 14.2. The van der Waals surface area contributed by atoms with Crippen LogP contribution in [0.2, 0.25) is 0 Å². The summed E-state index contributed by atoms with van der Waals surface area (Å²) in [6.07, 6.45) is 1.02. The average Bonchev–Trinajstić information content (AvgIpc) is 2.26. The first-order valence-electron chi connectivity index (χ1n) is 5.22. The van der Waals surface area contributed by atoms with E-state index in [4.69, 9.17) is 11.6 Å². The Morgan fingerprint density at radius 1 is 1.29 bits per heavy atom. The lowest BCUT2D eigenvalue weighted by Crippen LogP contribution is -2.40. The predicted molar refractivity (Wildman–Crippen MR) is 69.2 cm³/mol.